The smallest absolute Gasteiger partial charge is 0.265 e. The van der Waals surface area contributed by atoms with Crippen LogP contribution in [0.2, 0.25) is 0 Å². The molecule has 1 aromatic heterocycles. The lowest BCUT2D eigenvalue weighted by atomic mass is 10.1. The third kappa shape index (κ3) is 2.66. The Morgan fingerprint density at radius 2 is 2.05 bits per heavy atom. The van der Waals surface area contributed by atoms with E-state index in [1.165, 1.54) is 4.57 Å². The van der Waals surface area contributed by atoms with Gasteiger partial charge in [-0.05, 0) is 13.0 Å². The summed E-state index contributed by atoms with van der Waals surface area (Å²) >= 11 is 0. The van der Waals surface area contributed by atoms with Crippen molar-refractivity contribution in [2.75, 3.05) is 37.7 Å². The van der Waals surface area contributed by atoms with E-state index < -0.39 is 0 Å². The fourth-order valence-electron chi connectivity index (χ4n) is 2.84. The van der Waals surface area contributed by atoms with Crippen LogP contribution in [0.3, 0.4) is 0 Å². The van der Waals surface area contributed by atoms with Crippen molar-refractivity contribution in [2.24, 2.45) is 5.92 Å². The summed E-state index contributed by atoms with van der Waals surface area (Å²) in [4.78, 5) is 32.0. The lowest BCUT2D eigenvalue weighted by Crippen LogP contribution is -2.45. The third-order valence-corrected chi connectivity index (χ3v) is 4.10. The van der Waals surface area contributed by atoms with Gasteiger partial charge in [0, 0.05) is 31.1 Å². The quantitative estimate of drug-likeness (QED) is 0.830. The van der Waals surface area contributed by atoms with Crippen molar-refractivity contribution in [3.63, 3.8) is 0 Å². The second-order valence-electron chi connectivity index (χ2n) is 6.00. The highest BCUT2D eigenvalue weighted by atomic mass is 16.5. The number of hydrogen-bond acceptors (Lipinski definition) is 6. The molecule has 0 bridgehead atoms. The molecule has 3 heterocycles. The summed E-state index contributed by atoms with van der Waals surface area (Å²) in [5, 5.41) is 3.23. The molecular formula is C15H22N4O3. The number of anilines is 1. The summed E-state index contributed by atoms with van der Waals surface area (Å²) in [5.41, 5.74) is 1.24. The molecule has 0 radical (unpaired) electrons. The zero-order chi connectivity index (χ0) is 15.7. The van der Waals surface area contributed by atoms with Crippen molar-refractivity contribution in [3.05, 3.63) is 21.6 Å². The van der Waals surface area contributed by atoms with Gasteiger partial charge in [-0.25, -0.2) is 9.55 Å². The van der Waals surface area contributed by atoms with E-state index in [1.54, 1.807) is 13.8 Å². The Labute approximate surface area is 129 Å². The van der Waals surface area contributed by atoms with E-state index in [1.807, 2.05) is 4.90 Å². The van der Waals surface area contributed by atoms with Gasteiger partial charge >= 0.3 is 0 Å². The Morgan fingerprint density at radius 3 is 2.73 bits per heavy atom. The van der Waals surface area contributed by atoms with Gasteiger partial charge in [-0.1, -0.05) is 13.8 Å². The molecule has 7 heteroatoms. The van der Waals surface area contributed by atoms with Gasteiger partial charge in [0.15, 0.2) is 0 Å². The second kappa shape index (κ2) is 6.18. The van der Waals surface area contributed by atoms with Crippen LogP contribution in [0.15, 0.2) is 4.79 Å². The fourth-order valence-corrected chi connectivity index (χ4v) is 2.84. The van der Waals surface area contributed by atoms with Crippen molar-refractivity contribution in [2.45, 2.75) is 26.8 Å². The van der Waals surface area contributed by atoms with Gasteiger partial charge in [0.25, 0.3) is 5.56 Å². The first-order chi connectivity index (χ1) is 10.6. The minimum atomic E-state index is -0.251. The predicted octanol–water partition coefficient (Wildman–Crippen LogP) is 0.0218. The van der Waals surface area contributed by atoms with Crippen LogP contribution in [0.4, 0.5) is 5.95 Å². The number of carbonyl (C=O) groups excluding carboxylic acids is 1. The molecule has 1 saturated heterocycles. The van der Waals surface area contributed by atoms with E-state index in [0.717, 1.165) is 12.2 Å². The number of nitrogens with one attached hydrogen (secondary N) is 1. The van der Waals surface area contributed by atoms with E-state index in [-0.39, 0.29) is 17.4 Å². The minimum Gasteiger partial charge on any atom is -0.378 e. The monoisotopic (exact) mass is 306 g/mol. The molecule has 2 aliphatic rings. The number of ether oxygens (including phenoxy) is 1. The molecule has 2 aliphatic heterocycles. The van der Waals surface area contributed by atoms with Crippen molar-refractivity contribution in [3.8, 4) is 0 Å². The summed E-state index contributed by atoms with van der Waals surface area (Å²) in [5.74, 6) is 0.0221. The molecule has 1 fully saturated rings. The van der Waals surface area contributed by atoms with Gasteiger partial charge in [0.05, 0.1) is 18.9 Å². The maximum atomic E-state index is 12.8. The molecule has 0 unspecified atom stereocenters. The first-order valence-corrected chi connectivity index (χ1v) is 7.82. The zero-order valence-electron chi connectivity index (χ0n) is 13.1. The normalized spacial score (nSPS) is 18.4. The standard InChI is InChI=1S/C15H22N4O3/c1-10(2)13(20)19-14(21)11-3-4-16-9-12(11)17-15(19)18-5-7-22-8-6-18/h10,16H,3-9H2,1-2H3. The van der Waals surface area contributed by atoms with Gasteiger partial charge < -0.3 is 15.0 Å². The van der Waals surface area contributed by atoms with Crippen LogP contribution in [0, 0.1) is 5.92 Å². The first kappa shape index (κ1) is 15.2. The number of aromatic nitrogens is 2. The molecule has 7 nitrogen and oxygen atoms in total. The van der Waals surface area contributed by atoms with Gasteiger partial charge in [0.2, 0.25) is 11.9 Å². The van der Waals surface area contributed by atoms with Crippen molar-refractivity contribution < 1.29 is 9.53 Å². The Hall–Kier alpha value is -1.73. The molecule has 22 heavy (non-hydrogen) atoms. The third-order valence-electron chi connectivity index (χ3n) is 4.10. The van der Waals surface area contributed by atoms with E-state index in [9.17, 15) is 9.59 Å². The lowest BCUT2D eigenvalue weighted by Gasteiger charge is -2.31. The van der Waals surface area contributed by atoms with Gasteiger partial charge in [-0.2, -0.15) is 0 Å². The Morgan fingerprint density at radius 1 is 1.32 bits per heavy atom. The largest absolute Gasteiger partial charge is 0.378 e. The second-order valence-corrected chi connectivity index (χ2v) is 6.00. The number of fused-ring (bicyclic) bond motifs is 1. The van der Waals surface area contributed by atoms with Crippen LogP contribution in [-0.4, -0.2) is 48.3 Å². The molecule has 0 saturated carbocycles. The maximum Gasteiger partial charge on any atom is 0.265 e. The van der Waals surface area contributed by atoms with Crippen LogP contribution in [-0.2, 0) is 17.7 Å². The summed E-state index contributed by atoms with van der Waals surface area (Å²) in [6, 6.07) is 0. The van der Waals surface area contributed by atoms with Crippen LogP contribution < -0.4 is 15.8 Å². The number of hydrogen-bond donors (Lipinski definition) is 1. The summed E-state index contributed by atoms with van der Waals surface area (Å²) in [6.45, 7) is 7.39. The molecule has 0 aliphatic carbocycles. The topological polar surface area (TPSA) is 76.5 Å². The Bertz CT molecular complexity index is 632. The summed E-state index contributed by atoms with van der Waals surface area (Å²) < 4.78 is 6.64. The molecule has 0 amide bonds. The van der Waals surface area contributed by atoms with Crippen LogP contribution in [0.25, 0.3) is 0 Å². The van der Waals surface area contributed by atoms with E-state index in [0.29, 0.717) is 50.8 Å². The van der Waals surface area contributed by atoms with E-state index in [4.69, 9.17) is 4.74 Å². The average Bonchev–Trinajstić information content (AvgIpc) is 2.55. The zero-order valence-corrected chi connectivity index (χ0v) is 13.1. The molecule has 0 spiro atoms. The Kier molecular flexibility index (Phi) is 4.26. The molecular weight excluding hydrogens is 284 g/mol. The van der Waals surface area contributed by atoms with Crippen LogP contribution in [0.5, 0.6) is 0 Å². The summed E-state index contributed by atoms with van der Waals surface area (Å²) in [7, 11) is 0. The summed E-state index contributed by atoms with van der Waals surface area (Å²) in [6.07, 6.45) is 0.621. The molecule has 3 rings (SSSR count). The molecule has 120 valence electrons. The highest BCUT2D eigenvalue weighted by molar-refractivity contribution is 5.83. The molecule has 1 N–H and O–H groups in total. The maximum absolute atomic E-state index is 12.8. The average molecular weight is 306 g/mol. The SMILES string of the molecule is CC(C)C(=O)n1c(N2CCOCC2)nc2c(c1=O)CCNC2. The predicted molar refractivity (Wildman–Crippen MR) is 82.4 cm³/mol. The lowest BCUT2D eigenvalue weighted by molar-refractivity contribution is 0.0845. The van der Waals surface area contributed by atoms with Gasteiger partial charge in [0.1, 0.15) is 0 Å². The van der Waals surface area contributed by atoms with Crippen molar-refractivity contribution in [1.82, 2.24) is 14.9 Å². The number of rotatable bonds is 2. The van der Waals surface area contributed by atoms with Crippen molar-refractivity contribution in [1.29, 1.82) is 0 Å². The van der Waals surface area contributed by atoms with Gasteiger partial charge in [-0.15, -0.1) is 0 Å². The Balaban J connectivity index is 2.15. The number of carbonyl (C=O) groups is 1. The van der Waals surface area contributed by atoms with E-state index >= 15 is 0 Å². The highest BCUT2D eigenvalue weighted by Crippen LogP contribution is 2.17. The highest BCUT2D eigenvalue weighted by Gasteiger charge is 2.27. The van der Waals surface area contributed by atoms with Crippen LogP contribution in [0.1, 0.15) is 29.9 Å². The fraction of sp³-hybridized carbons (Fsp3) is 0.667. The minimum absolute atomic E-state index is 0.194. The van der Waals surface area contributed by atoms with E-state index in [2.05, 4.69) is 10.3 Å². The molecule has 0 atom stereocenters. The first-order valence-electron chi connectivity index (χ1n) is 7.82. The number of morpholine rings is 1. The number of nitrogens with zero attached hydrogens (tertiary/aromatic N) is 3. The van der Waals surface area contributed by atoms with Crippen LogP contribution >= 0.6 is 0 Å². The van der Waals surface area contributed by atoms with Gasteiger partial charge in [-0.3, -0.25) is 9.59 Å². The van der Waals surface area contributed by atoms with Crippen molar-refractivity contribution >= 4 is 11.9 Å². The molecule has 0 aromatic carbocycles. The molecule has 1 aromatic rings.